The molecule has 0 saturated heterocycles. The van der Waals surface area contributed by atoms with Gasteiger partial charge >= 0.3 is 0 Å². The Bertz CT molecular complexity index is 364. The van der Waals surface area contributed by atoms with E-state index < -0.39 is 0 Å². The van der Waals surface area contributed by atoms with Crippen LogP contribution < -0.4 is 0 Å². The van der Waals surface area contributed by atoms with Crippen LogP contribution >= 0.6 is 0 Å². The van der Waals surface area contributed by atoms with E-state index in [9.17, 15) is 0 Å². The lowest BCUT2D eigenvalue weighted by Crippen LogP contribution is -1.74. The fraction of sp³-hybridized carbons (Fsp3) is 0.100. The summed E-state index contributed by atoms with van der Waals surface area (Å²) in [7, 11) is 0. The summed E-state index contributed by atoms with van der Waals surface area (Å²) >= 11 is 0. The fourth-order valence-corrected chi connectivity index (χ4v) is 1.11. The second kappa shape index (κ2) is 2.81. The molecule has 1 aromatic carbocycles. The lowest BCUT2D eigenvalue weighted by atomic mass is 10.1. The summed E-state index contributed by atoms with van der Waals surface area (Å²) in [6, 6.07) is 9.89. The molecule has 2 nitrogen and oxygen atoms in total. The monoisotopic (exact) mass is 158 g/mol. The summed E-state index contributed by atoms with van der Waals surface area (Å²) in [5.74, 6) is 0.801. The van der Waals surface area contributed by atoms with E-state index in [1.54, 1.807) is 0 Å². The standard InChI is InChI=1S/C10H8NO/c1-8-7-11-12-10(8)9-5-3-2-4-6-9/h2-6H,1H3. The van der Waals surface area contributed by atoms with Gasteiger partial charge in [0.1, 0.15) is 6.20 Å². The number of rotatable bonds is 1. The molecule has 1 aromatic heterocycles. The van der Waals surface area contributed by atoms with Crippen LogP contribution in [-0.2, 0) is 0 Å². The zero-order chi connectivity index (χ0) is 8.39. The molecule has 0 unspecified atom stereocenters. The van der Waals surface area contributed by atoms with E-state index in [0.29, 0.717) is 0 Å². The molecule has 0 bridgehead atoms. The van der Waals surface area contributed by atoms with Gasteiger partial charge in [-0.05, 0) is 6.92 Å². The van der Waals surface area contributed by atoms with Gasteiger partial charge in [-0.1, -0.05) is 35.5 Å². The highest BCUT2D eigenvalue weighted by molar-refractivity contribution is 5.59. The number of hydrogen-bond donors (Lipinski definition) is 0. The molecule has 12 heavy (non-hydrogen) atoms. The summed E-state index contributed by atoms with van der Waals surface area (Å²) in [6.07, 6.45) is 2.75. The van der Waals surface area contributed by atoms with Gasteiger partial charge in [-0.3, -0.25) is 0 Å². The highest BCUT2D eigenvalue weighted by atomic mass is 16.5. The minimum atomic E-state index is 0.801. The van der Waals surface area contributed by atoms with E-state index in [0.717, 1.165) is 16.9 Å². The average molecular weight is 158 g/mol. The van der Waals surface area contributed by atoms with Gasteiger partial charge in [0.15, 0.2) is 5.76 Å². The molecule has 2 aromatic rings. The summed E-state index contributed by atoms with van der Waals surface area (Å²) in [4.78, 5) is 0. The number of nitrogens with zero attached hydrogens (tertiary/aromatic N) is 1. The first-order valence-electron chi connectivity index (χ1n) is 3.77. The number of benzene rings is 1. The summed E-state index contributed by atoms with van der Waals surface area (Å²) in [5, 5.41) is 3.60. The third-order valence-electron chi connectivity index (χ3n) is 1.73. The topological polar surface area (TPSA) is 26.0 Å². The molecule has 0 N–H and O–H groups in total. The Morgan fingerprint density at radius 2 is 2.00 bits per heavy atom. The van der Waals surface area contributed by atoms with Crippen LogP contribution in [0.2, 0.25) is 0 Å². The minimum Gasteiger partial charge on any atom is -0.355 e. The van der Waals surface area contributed by atoms with Crippen molar-refractivity contribution in [2.24, 2.45) is 0 Å². The Labute approximate surface area is 70.8 Å². The van der Waals surface area contributed by atoms with Gasteiger partial charge in [0.25, 0.3) is 0 Å². The fourth-order valence-electron chi connectivity index (χ4n) is 1.11. The van der Waals surface area contributed by atoms with Crippen LogP contribution in [0.1, 0.15) is 5.56 Å². The molecule has 0 aliphatic carbocycles. The largest absolute Gasteiger partial charge is 0.355 e. The van der Waals surface area contributed by atoms with E-state index in [-0.39, 0.29) is 0 Å². The van der Waals surface area contributed by atoms with Crippen molar-refractivity contribution in [3.63, 3.8) is 0 Å². The van der Waals surface area contributed by atoms with E-state index in [1.165, 1.54) is 0 Å². The summed E-state index contributed by atoms with van der Waals surface area (Å²) in [5.41, 5.74) is 1.99. The smallest absolute Gasteiger partial charge is 0.170 e. The van der Waals surface area contributed by atoms with E-state index >= 15 is 0 Å². The van der Waals surface area contributed by atoms with Crippen molar-refractivity contribution in [1.29, 1.82) is 0 Å². The van der Waals surface area contributed by atoms with Gasteiger partial charge < -0.3 is 4.52 Å². The van der Waals surface area contributed by atoms with Crippen LogP contribution in [0.15, 0.2) is 34.9 Å². The highest BCUT2D eigenvalue weighted by Gasteiger charge is 2.05. The third kappa shape index (κ3) is 1.11. The predicted molar refractivity (Wildman–Crippen MR) is 45.5 cm³/mol. The zero-order valence-corrected chi connectivity index (χ0v) is 6.74. The van der Waals surface area contributed by atoms with Crippen molar-refractivity contribution in [3.8, 4) is 11.3 Å². The molecule has 59 valence electrons. The number of aryl methyl sites for hydroxylation is 1. The molecule has 0 aliphatic rings. The zero-order valence-electron chi connectivity index (χ0n) is 6.74. The first kappa shape index (κ1) is 7.10. The van der Waals surface area contributed by atoms with Gasteiger partial charge in [-0.25, -0.2) is 0 Å². The van der Waals surface area contributed by atoms with Gasteiger partial charge in [0.05, 0.1) is 0 Å². The highest BCUT2D eigenvalue weighted by Crippen LogP contribution is 2.21. The lowest BCUT2D eigenvalue weighted by Gasteiger charge is -1.94. The maximum Gasteiger partial charge on any atom is 0.170 e. The quantitative estimate of drug-likeness (QED) is 0.637. The third-order valence-corrected chi connectivity index (χ3v) is 1.73. The maximum atomic E-state index is 5.04. The molecular formula is C10H8NO. The van der Waals surface area contributed by atoms with Crippen molar-refractivity contribution in [1.82, 2.24) is 5.16 Å². The Morgan fingerprint density at radius 1 is 1.25 bits per heavy atom. The molecule has 0 fully saturated rings. The Morgan fingerprint density at radius 3 is 2.58 bits per heavy atom. The summed E-state index contributed by atoms with van der Waals surface area (Å²) < 4.78 is 5.04. The van der Waals surface area contributed by atoms with Crippen molar-refractivity contribution in [2.75, 3.05) is 0 Å². The van der Waals surface area contributed by atoms with Crippen molar-refractivity contribution in [2.45, 2.75) is 6.92 Å². The van der Waals surface area contributed by atoms with Crippen molar-refractivity contribution in [3.05, 3.63) is 42.1 Å². The average Bonchev–Trinajstić information content (AvgIpc) is 2.53. The van der Waals surface area contributed by atoms with Crippen molar-refractivity contribution < 1.29 is 4.52 Å². The first-order chi connectivity index (χ1) is 5.88. The van der Waals surface area contributed by atoms with Gasteiger partial charge in [0.2, 0.25) is 0 Å². The van der Waals surface area contributed by atoms with Crippen LogP contribution in [-0.4, -0.2) is 5.16 Å². The van der Waals surface area contributed by atoms with Crippen molar-refractivity contribution >= 4 is 0 Å². The molecule has 0 atom stereocenters. The second-order valence-corrected chi connectivity index (χ2v) is 2.61. The molecule has 0 saturated carbocycles. The van der Waals surface area contributed by atoms with Gasteiger partial charge in [0, 0.05) is 11.1 Å². The Balaban J connectivity index is 2.51. The molecule has 0 aliphatic heterocycles. The van der Waals surface area contributed by atoms with Crippen LogP contribution in [0.4, 0.5) is 0 Å². The van der Waals surface area contributed by atoms with E-state index in [2.05, 4.69) is 11.4 Å². The lowest BCUT2D eigenvalue weighted by molar-refractivity contribution is 0.430. The minimum absolute atomic E-state index is 0.801. The number of aromatic nitrogens is 1. The van der Waals surface area contributed by atoms with E-state index in [4.69, 9.17) is 4.52 Å². The second-order valence-electron chi connectivity index (χ2n) is 2.61. The predicted octanol–water partition coefficient (Wildman–Crippen LogP) is 2.45. The molecule has 1 radical (unpaired) electrons. The Hall–Kier alpha value is -1.57. The van der Waals surface area contributed by atoms with Crippen LogP contribution in [0, 0.1) is 13.1 Å². The summed E-state index contributed by atoms with van der Waals surface area (Å²) in [6.45, 7) is 1.93. The molecule has 0 amide bonds. The van der Waals surface area contributed by atoms with E-state index in [1.807, 2.05) is 37.3 Å². The molecular weight excluding hydrogens is 150 g/mol. The van der Waals surface area contributed by atoms with Crippen LogP contribution in [0.3, 0.4) is 0 Å². The maximum absolute atomic E-state index is 5.04. The first-order valence-corrected chi connectivity index (χ1v) is 3.77. The number of hydrogen-bond acceptors (Lipinski definition) is 2. The molecule has 2 rings (SSSR count). The van der Waals surface area contributed by atoms with Crippen LogP contribution in [0.5, 0.6) is 0 Å². The van der Waals surface area contributed by atoms with Gasteiger partial charge in [-0.2, -0.15) is 0 Å². The molecule has 2 heteroatoms. The van der Waals surface area contributed by atoms with Crippen LogP contribution in [0.25, 0.3) is 11.3 Å². The normalized spacial score (nSPS) is 10.1. The molecule has 0 spiro atoms. The Kier molecular flexibility index (Phi) is 1.67. The van der Waals surface area contributed by atoms with Gasteiger partial charge in [-0.15, -0.1) is 0 Å². The SMILES string of the molecule is Cc1[c]noc1-c1ccccc1. The molecule has 1 heterocycles.